The zero-order chi connectivity index (χ0) is 14.1. The molecule has 1 heterocycles. The molecule has 0 radical (unpaired) electrons. The highest BCUT2D eigenvalue weighted by Gasteiger charge is 2.32. The number of nitrogens with zero attached hydrogens (tertiary/aromatic N) is 1. The molecule has 0 bridgehead atoms. The molecule has 0 saturated heterocycles. The van der Waals surface area contributed by atoms with E-state index in [1.165, 1.54) is 18.5 Å². The third-order valence-electron chi connectivity index (χ3n) is 3.92. The minimum absolute atomic E-state index is 0.0423. The monoisotopic (exact) mass is 271 g/mol. The third kappa shape index (κ3) is 2.31. The Kier molecular flexibility index (Phi) is 3.49. The van der Waals surface area contributed by atoms with E-state index in [2.05, 4.69) is 40.3 Å². The standard InChI is InChI=1S/C16H21N3O/c1-3-9-19(11-5-6-11)12-7-8-13-14(10-12)18-16(20)15(13)17-4-2/h3,7-8,10-11,15,17H,1,4-6,9H2,2H3,(H,18,20). The van der Waals surface area contributed by atoms with Gasteiger partial charge in [0.15, 0.2) is 0 Å². The van der Waals surface area contributed by atoms with Crippen molar-refractivity contribution >= 4 is 17.3 Å². The topological polar surface area (TPSA) is 44.4 Å². The molecule has 0 spiro atoms. The maximum absolute atomic E-state index is 12.0. The molecule has 1 aromatic carbocycles. The predicted molar refractivity (Wildman–Crippen MR) is 82.1 cm³/mol. The van der Waals surface area contributed by atoms with Gasteiger partial charge in [-0.1, -0.05) is 19.1 Å². The van der Waals surface area contributed by atoms with Crippen molar-refractivity contribution in [2.24, 2.45) is 0 Å². The Morgan fingerprint density at radius 1 is 1.50 bits per heavy atom. The van der Waals surface area contributed by atoms with Gasteiger partial charge in [-0.3, -0.25) is 4.79 Å². The van der Waals surface area contributed by atoms with Crippen LogP contribution in [0.3, 0.4) is 0 Å². The molecule has 1 aliphatic heterocycles. The van der Waals surface area contributed by atoms with Gasteiger partial charge in [0.1, 0.15) is 6.04 Å². The second-order valence-electron chi connectivity index (χ2n) is 5.42. The Bertz CT molecular complexity index is 537. The van der Waals surface area contributed by atoms with Crippen LogP contribution in [0.4, 0.5) is 11.4 Å². The van der Waals surface area contributed by atoms with Gasteiger partial charge in [0.05, 0.1) is 0 Å². The molecule has 2 N–H and O–H groups in total. The van der Waals surface area contributed by atoms with Crippen LogP contribution in [0.15, 0.2) is 30.9 Å². The summed E-state index contributed by atoms with van der Waals surface area (Å²) in [6.45, 7) is 7.49. The van der Waals surface area contributed by atoms with Crippen LogP contribution in [0.1, 0.15) is 31.4 Å². The summed E-state index contributed by atoms with van der Waals surface area (Å²) in [5.74, 6) is 0.0423. The lowest BCUT2D eigenvalue weighted by molar-refractivity contribution is -0.117. The van der Waals surface area contributed by atoms with E-state index < -0.39 is 0 Å². The van der Waals surface area contributed by atoms with Crippen molar-refractivity contribution in [3.05, 3.63) is 36.4 Å². The molecule has 1 unspecified atom stereocenters. The molecule has 1 aromatic rings. The first-order chi connectivity index (χ1) is 9.74. The highest BCUT2D eigenvalue weighted by molar-refractivity contribution is 6.03. The summed E-state index contributed by atoms with van der Waals surface area (Å²) in [5.41, 5.74) is 3.16. The predicted octanol–water partition coefficient (Wildman–Crippen LogP) is 2.44. The fraction of sp³-hybridized carbons (Fsp3) is 0.438. The van der Waals surface area contributed by atoms with Crippen molar-refractivity contribution in [2.45, 2.75) is 31.8 Å². The average Bonchev–Trinajstić information content (AvgIpc) is 3.22. The van der Waals surface area contributed by atoms with Gasteiger partial charge in [0, 0.05) is 29.5 Å². The summed E-state index contributed by atoms with van der Waals surface area (Å²) in [6.07, 6.45) is 4.43. The number of hydrogen-bond acceptors (Lipinski definition) is 3. The molecule has 1 amide bonds. The van der Waals surface area contributed by atoms with Gasteiger partial charge in [-0.15, -0.1) is 6.58 Å². The Hall–Kier alpha value is -1.81. The largest absolute Gasteiger partial charge is 0.365 e. The van der Waals surface area contributed by atoms with Crippen molar-refractivity contribution in [3.8, 4) is 0 Å². The number of anilines is 2. The third-order valence-corrected chi connectivity index (χ3v) is 3.92. The van der Waals surface area contributed by atoms with Gasteiger partial charge in [-0.25, -0.2) is 0 Å². The van der Waals surface area contributed by atoms with E-state index in [9.17, 15) is 4.79 Å². The van der Waals surface area contributed by atoms with Gasteiger partial charge in [-0.05, 0) is 31.5 Å². The van der Waals surface area contributed by atoms with Crippen LogP contribution in [0.2, 0.25) is 0 Å². The van der Waals surface area contributed by atoms with E-state index in [1.807, 2.05) is 13.0 Å². The van der Waals surface area contributed by atoms with Crippen LogP contribution in [-0.4, -0.2) is 25.0 Å². The Balaban J connectivity index is 1.88. The highest BCUT2D eigenvalue weighted by atomic mass is 16.2. The maximum atomic E-state index is 12.0. The number of likely N-dealkylation sites (N-methyl/N-ethyl adjacent to an activating group) is 1. The summed E-state index contributed by atoms with van der Waals surface area (Å²) in [5, 5.41) is 6.19. The average molecular weight is 271 g/mol. The number of carbonyl (C=O) groups excluding carboxylic acids is 1. The van der Waals surface area contributed by atoms with Gasteiger partial charge in [0.25, 0.3) is 0 Å². The van der Waals surface area contributed by atoms with Crippen molar-refractivity contribution in [1.29, 1.82) is 0 Å². The number of amides is 1. The quantitative estimate of drug-likeness (QED) is 0.781. The van der Waals surface area contributed by atoms with Gasteiger partial charge in [0.2, 0.25) is 5.91 Å². The summed E-state index contributed by atoms with van der Waals surface area (Å²) < 4.78 is 0. The van der Waals surface area contributed by atoms with Gasteiger partial charge >= 0.3 is 0 Å². The van der Waals surface area contributed by atoms with E-state index >= 15 is 0 Å². The number of benzene rings is 1. The summed E-state index contributed by atoms with van der Waals surface area (Å²) in [4.78, 5) is 14.3. The minimum atomic E-state index is -0.210. The molecular formula is C16H21N3O. The van der Waals surface area contributed by atoms with E-state index in [-0.39, 0.29) is 11.9 Å². The minimum Gasteiger partial charge on any atom is -0.365 e. The first-order valence-corrected chi connectivity index (χ1v) is 7.30. The number of hydrogen-bond donors (Lipinski definition) is 2. The molecule has 4 heteroatoms. The fourth-order valence-corrected chi connectivity index (χ4v) is 2.83. The molecule has 1 saturated carbocycles. The first kappa shape index (κ1) is 13.2. The van der Waals surface area contributed by atoms with Crippen LogP contribution in [0.25, 0.3) is 0 Å². The van der Waals surface area contributed by atoms with Crippen molar-refractivity contribution in [3.63, 3.8) is 0 Å². The molecule has 1 fully saturated rings. The zero-order valence-corrected chi connectivity index (χ0v) is 11.9. The second-order valence-corrected chi connectivity index (χ2v) is 5.42. The lowest BCUT2D eigenvalue weighted by Gasteiger charge is -2.23. The number of carbonyl (C=O) groups is 1. The first-order valence-electron chi connectivity index (χ1n) is 7.30. The van der Waals surface area contributed by atoms with Crippen LogP contribution in [0.5, 0.6) is 0 Å². The summed E-state index contributed by atoms with van der Waals surface area (Å²) in [7, 11) is 0. The van der Waals surface area contributed by atoms with Gasteiger partial charge in [-0.2, -0.15) is 0 Å². The van der Waals surface area contributed by atoms with Crippen LogP contribution < -0.4 is 15.5 Å². The Morgan fingerprint density at radius 3 is 2.95 bits per heavy atom. The fourth-order valence-electron chi connectivity index (χ4n) is 2.83. The van der Waals surface area contributed by atoms with E-state index in [0.29, 0.717) is 6.04 Å². The molecule has 3 rings (SSSR count). The van der Waals surface area contributed by atoms with Crippen LogP contribution in [0, 0.1) is 0 Å². The van der Waals surface area contributed by atoms with Crippen molar-refractivity contribution in [1.82, 2.24) is 5.32 Å². The normalized spacial score (nSPS) is 20.4. The van der Waals surface area contributed by atoms with Crippen LogP contribution >= 0.6 is 0 Å². The number of fused-ring (bicyclic) bond motifs is 1. The van der Waals surface area contributed by atoms with Crippen LogP contribution in [-0.2, 0) is 4.79 Å². The van der Waals surface area contributed by atoms with E-state index in [0.717, 1.165) is 24.3 Å². The van der Waals surface area contributed by atoms with E-state index in [4.69, 9.17) is 0 Å². The number of nitrogens with one attached hydrogen (secondary N) is 2. The van der Waals surface area contributed by atoms with Crippen molar-refractivity contribution < 1.29 is 4.79 Å². The molecule has 4 nitrogen and oxygen atoms in total. The summed E-state index contributed by atoms with van der Waals surface area (Å²) >= 11 is 0. The molecule has 1 atom stereocenters. The Morgan fingerprint density at radius 2 is 2.30 bits per heavy atom. The lowest BCUT2D eigenvalue weighted by atomic mass is 10.1. The Labute approximate surface area is 119 Å². The van der Waals surface area contributed by atoms with E-state index in [1.54, 1.807) is 0 Å². The molecule has 20 heavy (non-hydrogen) atoms. The highest BCUT2D eigenvalue weighted by Crippen LogP contribution is 2.37. The molecule has 106 valence electrons. The maximum Gasteiger partial charge on any atom is 0.246 e. The lowest BCUT2D eigenvalue weighted by Crippen LogP contribution is -2.27. The molecule has 2 aliphatic rings. The zero-order valence-electron chi connectivity index (χ0n) is 11.9. The smallest absolute Gasteiger partial charge is 0.246 e. The second kappa shape index (κ2) is 5.29. The SMILES string of the molecule is C=CCN(c1ccc2c(c1)NC(=O)C2NCC)C1CC1. The molecular weight excluding hydrogens is 250 g/mol. The van der Waals surface area contributed by atoms with Gasteiger partial charge < -0.3 is 15.5 Å². The molecule has 0 aromatic heterocycles. The number of rotatable bonds is 6. The van der Waals surface area contributed by atoms with Crippen molar-refractivity contribution in [2.75, 3.05) is 23.3 Å². The molecule has 1 aliphatic carbocycles. The summed E-state index contributed by atoms with van der Waals surface area (Å²) in [6, 6.07) is 6.69.